The van der Waals surface area contributed by atoms with E-state index in [0.29, 0.717) is 17.0 Å². The highest BCUT2D eigenvalue weighted by Crippen LogP contribution is 2.37. The van der Waals surface area contributed by atoms with Gasteiger partial charge in [0, 0.05) is 17.2 Å². The molecule has 2 aliphatic rings. The predicted molar refractivity (Wildman–Crippen MR) is 139 cm³/mol. The lowest BCUT2D eigenvalue weighted by Crippen LogP contribution is -2.34. The van der Waals surface area contributed by atoms with Gasteiger partial charge in [0.05, 0.1) is 29.4 Å². The second-order valence-corrected chi connectivity index (χ2v) is 9.29. The highest BCUT2D eigenvalue weighted by atomic mass is 16.6. The van der Waals surface area contributed by atoms with Crippen molar-refractivity contribution in [1.29, 1.82) is 5.26 Å². The molecule has 0 atom stereocenters. The van der Waals surface area contributed by atoms with Crippen LogP contribution in [0.15, 0.2) is 83.3 Å². The van der Waals surface area contributed by atoms with Gasteiger partial charge in [-0.2, -0.15) is 5.26 Å². The molecule has 0 bridgehead atoms. The number of fused-ring (bicyclic) bond motifs is 1. The summed E-state index contributed by atoms with van der Waals surface area (Å²) >= 11 is 0. The second-order valence-electron chi connectivity index (χ2n) is 9.29. The number of carbonyl (C=O) groups excluding carboxylic acids is 3. The maximum absolute atomic E-state index is 13.3. The molecule has 1 aliphatic heterocycles. The molecule has 0 saturated heterocycles. The van der Waals surface area contributed by atoms with Crippen LogP contribution in [0.1, 0.15) is 43.1 Å². The minimum absolute atomic E-state index is 0.194. The van der Waals surface area contributed by atoms with E-state index < -0.39 is 29.8 Å². The van der Waals surface area contributed by atoms with E-state index in [1.807, 2.05) is 24.3 Å². The highest BCUT2D eigenvalue weighted by Gasteiger charge is 2.29. The van der Waals surface area contributed by atoms with Gasteiger partial charge in [-0.1, -0.05) is 36.4 Å². The monoisotopic (exact) mass is 495 g/mol. The number of ketones is 1. The van der Waals surface area contributed by atoms with E-state index in [9.17, 15) is 14.4 Å². The fraction of sp³-hybridized carbons (Fsp3) is 0.172. The SMILES string of the molecule is CC(C)(C)OC(=O)N(c1ccc2cccc-2o1)c1ccccc1NC(=O)CC(=O)c1cccc(C#N)c1. The van der Waals surface area contributed by atoms with Gasteiger partial charge >= 0.3 is 6.09 Å². The van der Waals surface area contributed by atoms with Crippen molar-refractivity contribution in [3.63, 3.8) is 0 Å². The van der Waals surface area contributed by atoms with Crippen LogP contribution in [0.3, 0.4) is 0 Å². The zero-order chi connectivity index (χ0) is 26.6. The quantitative estimate of drug-likeness (QED) is 0.240. The van der Waals surface area contributed by atoms with Crippen LogP contribution in [0.25, 0.3) is 11.3 Å². The number of carbonyl (C=O) groups is 3. The van der Waals surface area contributed by atoms with E-state index in [-0.39, 0.29) is 17.1 Å². The Morgan fingerprint density at radius 1 is 0.973 bits per heavy atom. The van der Waals surface area contributed by atoms with Gasteiger partial charge in [-0.25, -0.2) is 9.69 Å². The zero-order valence-electron chi connectivity index (χ0n) is 20.6. The third kappa shape index (κ3) is 6.03. The largest absolute Gasteiger partial charge is 0.443 e. The first kappa shape index (κ1) is 25.2. The Morgan fingerprint density at radius 3 is 2.49 bits per heavy atom. The Hall–Kier alpha value is -4.90. The Bertz CT molecular complexity index is 1470. The molecule has 37 heavy (non-hydrogen) atoms. The standard InChI is InChI=1S/C29H25N3O5/c1-29(2,3)37-28(35)32(27-15-14-20-9-7-13-25(20)36-27)23-12-5-4-11-22(23)31-26(34)17-24(33)21-10-6-8-19(16-21)18-30/h4-16H,17H2,1-3H3,(H,31,34). The molecule has 1 aliphatic carbocycles. The van der Waals surface area contributed by atoms with Crippen LogP contribution in [-0.4, -0.2) is 23.4 Å². The maximum Gasteiger partial charge on any atom is 0.421 e. The van der Waals surface area contributed by atoms with Crippen LogP contribution in [0.4, 0.5) is 22.1 Å². The van der Waals surface area contributed by atoms with Crippen LogP contribution in [-0.2, 0) is 9.53 Å². The average Bonchev–Trinajstić information content (AvgIpc) is 3.32. The summed E-state index contributed by atoms with van der Waals surface area (Å²) in [5.41, 5.74) is 1.26. The lowest BCUT2D eigenvalue weighted by Gasteiger charge is -2.28. The van der Waals surface area contributed by atoms with E-state index in [1.165, 1.54) is 11.0 Å². The molecule has 2 aromatic rings. The Labute approximate surface area is 214 Å². The topological polar surface area (TPSA) is 113 Å². The van der Waals surface area contributed by atoms with Gasteiger partial charge in [0.25, 0.3) is 0 Å². The first-order valence-corrected chi connectivity index (χ1v) is 11.6. The molecular weight excluding hydrogens is 470 g/mol. The number of anilines is 3. The molecule has 4 rings (SSSR count). The third-order valence-corrected chi connectivity index (χ3v) is 5.28. The van der Waals surface area contributed by atoms with Gasteiger partial charge in [0.15, 0.2) is 5.78 Å². The number of benzene rings is 2. The van der Waals surface area contributed by atoms with E-state index >= 15 is 0 Å². The molecule has 0 spiro atoms. The van der Waals surface area contributed by atoms with E-state index in [0.717, 1.165) is 5.56 Å². The van der Waals surface area contributed by atoms with Crippen molar-refractivity contribution >= 4 is 35.0 Å². The third-order valence-electron chi connectivity index (χ3n) is 5.28. The number of nitrogens with zero attached hydrogens (tertiary/aromatic N) is 2. The molecule has 0 fully saturated rings. The second kappa shape index (κ2) is 10.4. The summed E-state index contributed by atoms with van der Waals surface area (Å²) in [4.78, 5) is 40.1. The summed E-state index contributed by atoms with van der Waals surface area (Å²) in [6.45, 7) is 5.25. The van der Waals surface area contributed by atoms with Gasteiger partial charge in [-0.3, -0.25) is 9.59 Å². The van der Waals surface area contributed by atoms with Crippen molar-refractivity contribution in [2.45, 2.75) is 32.8 Å². The molecule has 0 saturated carbocycles. The van der Waals surface area contributed by atoms with Crippen LogP contribution in [0.5, 0.6) is 0 Å². The lowest BCUT2D eigenvalue weighted by molar-refractivity contribution is -0.115. The highest BCUT2D eigenvalue weighted by molar-refractivity contribution is 6.12. The summed E-state index contributed by atoms with van der Waals surface area (Å²) in [6.07, 6.45) is -1.15. The Morgan fingerprint density at radius 2 is 1.73 bits per heavy atom. The molecule has 186 valence electrons. The molecule has 2 aromatic carbocycles. The summed E-state index contributed by atoms with van der Waals surface area (Å²) in [6, 6.07) is 23.8. The summed E-state index contributed by atoms with van der Waals surface area (Å²) in [5.74, 6) is -0.239. The number of hydrogen-bond acceptors (Lipinski definition) is 6. The first-order valence-electron chi connectivity index (χ1n) is 11.6. The lowest BCUT2D eigenvalue weighted by atomic mass is 10.1. The van der Waals surface area contributed by atoms with Crippen molar-refractivity contribution in [1.82, 2.24) is 0 Å². The fourth-order valence-electron chi connectivity index (χ4n) is 3.67. The summed E-state index contributed by atoms with van der Waals surface area (Å²) < 4.78 is 11.6. The van der Waals surface area contributed by atoms with Gasteiger partial charge < -0.3 is 14.5 Å². The number of nitrogens with one attached hydrogen (secondary N) is 1. The van der Waals surface area contributed by atoms with Gasteiger partial charge in [-0.05, 0) is 57.2 Å². The minimum Gasteiger partial charge on any atom is -0.443 e. The zero-order valence-corrected chi connectivity index (χ0v) is 20.6. The Balaban J connectivity index is 1.65. The van der Waals surface area contributed by atoms with E-state index in [2.05, 4.69) is 5.32 Å². The van der Waals surface area contributed by atoms with Gasteiger partial charge in [-0.15, -0.1) is 0 Å². The smallest absolute Gasteiger partial charge is 0.421 e. The van der Waals surface area contributed by atoms with Crippen molar-refractivity contribution in [2.24, 2.45) is 0 Å². The number of nitriles is 1. The maximum atomic E-state index is 13.3. The number of para-hydroxylation sites is 2. The number of Topliss-reactive ketones (excluding diaryl/α,β-unsaturated/α-hetero) is 1. The molecule has 0 aromatic heterocycles. The van der Waals surface area contributed by atoms with Crippen LogP contribution in [0, 0.1) is 11.3 Å². The molecular formula is C29H25N3O5. The fourth-order valence-corrected chi connectivity index (χ4v) is 3.67. The number of hydrogen-bond donors (Lipinski definition) is 1. The molecule has 0 unspecified atom stereocenters. The van der Waals surface area contributed by atoms with Gasteiger partial charge in [0.1, 0.15) is 11.4 Å². The first-order chi connectivity index (χ1) is 17.6. The Kier molecular flexibility index (Phi) is 7.07. The summed E-state index contributed by atoms with van der Waals surface area (Å²) in [7, 11) is 0. The number of amides is 2. The van der Waals surface area contributed by atoms with Crippen LogP contribution < -0.4 is 10.2 Å². The predicted octanol–water partition coefficient (Wildman–Crippen LogP) is 6.54. The molecule has 2 amide bonds. The van der Waals surface area contributed by atoms with Gasteiger partial charge in [0.2, 0.25) is 11.8 Å². The van der Waals surface area contributed by atoms with Crippen molar-refractivity contribution in [3.8, 4) is 17.4 Å². The van der Waals surface area contributed by atoms with Crippen molar-refractivity contribution in [3.05, 3.63) is 90.0 Å². The number of ether oxygens (including phenoxy) is 1. The van der Waals surface area contributed by atoms with Crippen LogP contribution >= 0.6 is 0 Å². The molecule has 0 radical (unpaired) electrons. The molecule has 1 heterocycles. The molecule has 1 N–H and O–H groups in total. The minimum atomic E-state index is -0.789. The van der Waals surface area contributed by atoms with Crippen molar-refractivity contribution < 1.29 is 23.5 Å². The molecule has 8 nitrogen and oxygen atoms in total. The molecule has 8 heteroatoms. The average molecular weight is 496 g/mol. The summed E-state index contributed by atoms with van der Waals surface area (Å²) in [5, 5.41) is 11.8. The normalized spacial score (nSPS) is 11.0. The van der Waals surface area contributed by atoms with Crippen LogP contribution in [0.2, 0.25) is 0 Å². The number of rotatable bonds is 6. The van der Waals surface area contributed by atoms with Crippen molar-refractivity contribution in [2.75, 3.05) is 10.2 Å². The van der Waals surface area contributed by atoms with E-state index in [4.69, 9.17) is 14.4 Å². The van der Waals surface area contributed by atoms with E-state index in [1.54, 1.807) is 75.4 Å².